The molecule has 0 fully saturated rings. The zero-order chi connectivity index (χ0) is 12.7. The summed E-state index contributed by atoms with van der Waals surface area (Å²) >= 11 is 7.52. The molecule has 0 atom stereocenters. The Labute approximate surface area is 113 Å². The molecule has 18 heavy (non-hydrogen) atoms. The van der Waals surface area contributed by atoms with Gasteiger partial charge in [-0.2, -0.15) is 0 Å². The van der Waals surface area contributed by atoms with E-state index in [9.17, 15) is 4.79 Å². The van der Waals surface area contributed by atoms with Crippen LogP contribution in [0.2, 0.25) is 5.02 Å². The minimum atomic E-state index is -0.113. The number of amides is 1. The molecule has 0 aliphatic carbocycles. The molecule has 3 rings (SSSR count). The molecule has 0 saturated heterocycles. The molecule has 1 aliphatic heterocycles. The van der Waals surface area contributed by atoms with Gasteiger partial charge in [0.15, 0.2) is 0 Å². The van der Waals surface area contributed by atoms with Crippen LogP contribution in [0.4, 0.5) is 5.69 Å². The highest BCUT2D eigenvalue weighted by atomic mass is 35.5. The van der Waals surface area contributed by atoms with Gasteiger partial charge in [-0.3, -0.25) is 4.79 Å². The third kappa shape index (κ3) is 1.94. The van der Waals surface area contributed by atoms with E-state index in [0.29, 0.717) is 10.6 Å². The summed E-state index contributed by atoms with van der Waals surface area (Å²) in [6, 6.07) is 5.36. The first-order valence-electron chi connectivity index (χ1n) is 5.38. The van der Waals surface area contributed by atoms with Crippen LogP contribution in [-0.4, -0.2) is 10.9 Å². The van der Waals surface area contributed by atoms with Crippen LogP contribution in [0.3, 0.4) is 0 Å². The molecule has 1 aromatic heterocycles. The van der Waals surface area contributed by atoms with Gasteiger partial charge in [0.05, 0.1) is 16.3 Å². The Bertz CT molecular complexity index is 675. The van der Waals surface area contributed by atoms with E-state index in [1.54, 1.807) is 29.5 Å². The number of rotatable bonds is 1. The number of hydrogen-bond acceptors (Lipinski definition) is 3. The SMILES string of the molecule is Cc1nc(/C=C2\C(=O)Nc3ccc(Cl)cc32)cs1. The zero-order valence-electron chi connectivity index (χ0n) is 9.53. The summed E-state index contributed by atoms with van der Waals surface area (Å²) in [7, 11) is 0. The molecule has 2 heterocycles. The van der Waals surface area contributed by atoms with Gasteiger partial charge in [-0.1, -0.05) is 11.6 Å². The molecular weight excluding hydrogens is 268 g/mol. The van der Waals surface area contributed by atoms with Crippen LogP contribution in [0, 0.1) is 6.92 Å². The largest absolute Gasteiger partial charge is 0.321 e. The Morgan fingerprint density at radius 3 is 3.00 bits per heavy atom. The van der Waals surface area contributed by atoms with Crippen molar-refractivity contribution in [3.8, 4) is 0 Å². The van der Waals surface area contributed by atoms with E-state index in [2.05, 4.69) is 10.3 Å². The van der Waals surface area contributed by atoms with Crippen LogP contribution in [0.25, 0.3) is 11.6 Å². The number of hydrogen-bond donors (Lipinski definition) is 1. The van der Waals surface area contributed by atoms with Crippen molar-refractivity contribution in [3.63, 3.8) is 0 Å². The molecule has 1 aliphatic rings. The summed E-state index contributed by atoms with van der Waals surface area (Å²) in [6.07, 6.45) is 1.79. The Kier molecular flexibility index (Phi) is 2.69. The molecule has 1 aromatic carbocycles. The standard InChI is InChI=1S/C13H9ClN2OS/c1-7-15-9(6-18-7)5-11-10-4-8(14)2-3-12(10)16-13(11)17/h2-6H,1H3,(H,16,17)/b11-5-. The molecule has 0 spiro atoms. The van der Waals surface area contributed by atoms with Gasteiger partial charge in [-0.15, -0.1) is 11.3 Å². The number of nitrogens with zero attached hydrogens (tertiary/aromatic N) is 1. The van der Waals surface area contributed by atoms with Gasteiger partial charge in [0.25, 0.3) is 5.91 Å². The number of carbonyl (C=O) groups is 1. The van der Waals surface area contributed by atoms with E-state index < -0.39 is 0 Å². The molecule has 0 saturated carbocycles. The van der Waals surface area contributed by atoms with Crippen molar-refractivity contribution in [1.82, 2.24) is 4.98 Å². The second kappa shape index (κ2) is 4.23. The molecule has 1 N–H and O–H groups in total. The number of anilines is 1. The van der Waals surface area contributed by atoms with E-state index in [4.69, 9.17) is 11.6 Å². The van der Waals surface area contributed by atoms with Gasteiger partial charge in [0, 0.05) is 21.7 Å². The van der Waals surface area contributed by atoms with Crippen LogP contribution >= 0.6 is 22.9 Å². The van der Waals surface area contributed by atoms with E-state index in [1.165, 1.54) is 0 Å². The second-order valence-electron chi connectivity index (χ2n) is 3.99. The predicted octanol–water partition coefficient (Wildman–Crippen LogP) is 3.60. The van der Waals surface area contributed by atoms with E-state index in [1.807, 2.05) is 18.4 Å². The number of fused-ring (bicyclic) bond motifs is 1. The Balaban J connectivity index is 2.11. The van der Waals surface area contributed by atoms with Crippen molar-refractivity contribution < 1.29 is 4.79 Å². The summed E-state index contributed by atoms with van der Waals surface area (Å²) in [5.74, 6) is -0.113. The van der Waals surface area contributed by atoms with Crippen LogP contribution in [0.5, 0.6) is 0 Å². The molecular formula is C13H9ClN2OS. The minimum Gasteiger partial charge on any atom is -0.321 e. The molecule has 0 radical (unpaired) electrons. The topological polar surface area (TPSA) is 42.0 Å². The fraction of sp³-hybridized carbons (Fsp3) is 0.0769. The first-order valence-corrected chi connectivity index (χ1v) is 6.64. The number of thiazole rings is 1. The van der Waals surface area contributed by atoms with Crippen molar-refractivity contribution >= 4 is 46.2 Å². The fourth-order valence-corrected chi connectivity index (χ4v) is 2.64. The number of halogens is 1. The Morgan fingerprint density at radius 1 is 1.44 bits per heavy atom. The van der Waals surface area contributed by atoms with Crippen molar-refractivity contribution in [2.24, 2.45) is 0 Å². The van der Waals surface area contributed by atoms with Crippen molar-refractivity contribution in [2.45, 2.75) is 6.92 Å². The van der Waals surface area contributed by atoms with Crippen LogP contribution in [0.1, 0.15) is 16.3 Å². The van der Waals surface area contributed by atoms with Crippen molar-refractivity contribution in [3.05, 3.63) is 44.9 Å². The third-order valence-electron chi connectivity index (χ3n) is 2.69. The molecule has 0 bridgehead atoms. The Hall–Kier alpha value is -1.65. The first-order chi connectivity index (χ1) is 8.63. The molecule has 1 amide bonds. The van der Waals surface area contributed by atoms with Crippen LogP contribution in [-0.2, 0) is 4.79 Å². The first kappa shape index (κ1) is 11.4. The average Bonchev–Trinajstić information content (AvgIpc) is 2.86. The molecule has 90 valence electrons. The number of aromatic nitrogens is 1. The lowest BCUT2D eigenvalue weighted by Gasteiger charge is -1.98. The van der Waals surface area contributed by atoms with Gasteiger partial charge >= 0.3 is 0 Å². The highest BCUT2D eigenvalue weighted by Gasteiger charge is 2.24. The highest BCUT2D eigenvalue weighted by Crippen LogP contribution is 2.34. The minimum absolute atomic E-state index is 0.113. The maximum absolute atomic E-state index is 11.9. The maximum atomic E-state index is 11.9. The smallest absolute Gasteiger partial charge is 0.256 e. The second-order valence-corrected chi connectivity index (χ2v) is 5.49. The lowest BCUT2D eigenvalue weighted by atomic mass is 10.1. The lowest BCUT2D eigenvalue weighted by molar-refractivity contribution is -0.110. The normalized spacial score (nSPS) is 15.9. The summed E-state index contributed by atoms with van der Waals surface area (Å²) in [5.41, 5.74) is 3.04. The molecule has 0 unspecified atom stereocenters. The highest BCUT2D eigenvalue weighted by molar-refractivity contribution is 7.09. The lowest BCUT2D eigenvalue weighted by Crippen LogP contribution is -2.03. The third-order valence-corrected chi connectivity index (χ3v) is 3.72. The summed E-state index contributed by atoms with van der Waals surface area (Å²) in [6.45, 7) is 1.94. The van der Waals surface area contributed by atoms with E-state index in [-0.39, 0.29) is 5.91 Å². The molecule has 3 nitrogen and oxygen atoms in total. The fourth-order valence-electron chi connectivity index (χ4n) is 1.90. The quantitative estimate of drug-likeness (QED) is 0.809. The van der Waals surface area contributed by atoms with Gasteiger partial charge in [0.2, 0.25) is 0 Å². The number of carbonyl (C=O) groups excluding carboxylic acids is 1. The van der Waals surface area contributed by atoms with Crippen molar-refractivity contribution in [2.75, 3.05) is 5.32 Å². The van der Waals surface area contributed by atoms with Crippen molar-refractivity contribution in [1.29, 1.82) is 0 Å². The van der Waals surface area contributed by atoms with E-state index >= 15 is 0 Å². The monoisotopic (exact) mass is 276 g/mol. The number of benzene rings is 1. The average molecular weight is 277 g/mol. The van der Waals surface area contributed by atoms with E-state index in [0.717, 1.165) is 22.0 Å². The summed E-state index contributed by atoms with van der Waals surface area (Å²) in [5, 5.41) is 6.33. The molecule has 2 aromatic rings. The number of aryl methyl sites for hydroxylation is 1. The van der Waals surface area contributed by atoms with Gasteiger partial charge in [0.1, 0.15) is 0 Å². The predicted molar refractivity (Wildman–Crippen MR) is 74.8 cm³/mol. The zero-order valence-corrected chi connectivity index (χ0v) is 11.1. The summed E-state index contributed by atoms with van der Waals surface area (Å²) < 4.78 is 0. The van der Waals surface area contributed by atoms with Crippen LogP contribution in [0.15, 0.2) is 23.6 Å². The van der Waals surface area contributed by atoms with Gasteiger partial charge < -0.3 is 5.32 Å². The summed E-state index contributed by atoms with van der Waals surface area (Å²) in [4.78, 5) is 16.2. The number of nitrogens with one attached hydrogen (secondary N) is 1. The Morgan fingerprint density at radius 2 is 2.28 bits per heavy atom. The molecule has 5 heteroatoms. The van der Waals surface area contributed by atoms with Crippen LogP contribution < -0.4 is 5.32 Å². The van der Waals surface area contributed by atoms with Gasteiger partial charge in [-0.05, 0) is 31.2 Å². The maximum Gasteiger partial charge on any atom is 0.256 e. The van der Waals surface area contributed by atoms with Gasteiger partial charge in [-0.25, -0.2) is 4.98 Å².